The van der Waals surface area contributed by atoms with Crippen LogP contribution in [0.4, 0.5) is 5.69 Å². The number of carbonyl (C=O) groups is 1. The molecular weight excluding hydrogens is 258 g/mol. The second-order valence-corrected chi connectivity index (χ2v) is 4.74. The molecular formula is C15H21NO4. The Bertz CT molecular complexity index is 428. The summed E-state index contributed by atoms with van der Waals surface area (Å²) in [6.07, 6.45) is 7.08. The third-order valence-electron chi connectivity index (χ3n) is 3.01. The molecule has 0 saturated carbocycles. The number of nitrogens with zero attached hydrogens (tertiary/aromatic N) is 1. The summed E-state index contributed by atoms with van der Waals surface area (Å²) in [6, 6.07) is 5.54. The van der Waals surface area contributed by atoms with E-state index >= 15 is 0 Å². The van der Waals surface area contributed by atoms with Crippen LogP contribution in [0.5, 0.6) is 5.75 Å². The quantitative estimate of drug-likeness (QED) is 0.223. The van der Waals surface area contributed by atoms with Crippen molar-refractivity contribution in [2.75, 3.05) is 0 Å². The molecule has 5 heteroatoms. The van der Waals surface area contributed by atoms with Crippen molar-refractivity contribution in [3.8, 4) is 5.75 Å². The molecule has 0 atom stereocenters. The third kappa shape index (κ3) is 6.31. The zero-order valence-corrected chi connectivity index (χ0v) is 11.8. The predicted octanol–water partition coefficient (Wildman–Crippen LogP) is 4.25. The van der Waals surface area contributed by atoms with Crippen LogP contribution in [0.15, 0.2) is 24.3 Å². The maximum Gasteiger partial charge on any atom is 0.311 e. The molecule has 1 aromatic carbocycles. The Morgan fingerprint density at radius 3 is 2.30 bits per heavy atom. The van der Waals surface area contributed by atoms with Gasteiger partial charge in [0, 0.05) is 18.6 Å². The van der Waals surface area contributed by atoms with Gasteiger partial charge in [-0.2, -0.15) is 0 Å². The van der Waals surface area contributed by atoms with Crippen LogP contribution in [0.2, 0.25) is 0 Å². The molecule has 1 aromatic rings. The minimum Gasteiger partial charge on any atom is -0.427 e. The Morgan fingerprint density at radius 2 is 1.70 bits per heavy atom. The lowest BCUT2D eigenvalue weighted by Gasteiger charge is -2.04. The molecule has 5 nitrogen and oxygen atoms in total. The van der Waals surface area contributed by atoms with Crippen molar-refractivity contribution in [1.82, 2.24) is 0 Å². The number of non-ortho nitro benzene ring substituents is 1. The fraction of sp³-hybridized carbons (Fsp3) is 0.533. The summed E-state index contributed by atoms with van der Waals surface area (Å²) in [5, 5.41) is 10.5. The molecule has 0 saturated heterocycles. The average Bonchev–Trinajstić information content (AvgIpc) is 2.43. The number of hydrogen-bond donors (Lipinski definition) is 0. The first-order chi connectivity index (χ1) is 9.63. The highest BCUT2D eigenvalue weighted by Crippen LogP contribution is 2.18. The number of esters is 1. The van der Waals surface area contributed by atoms with E-state index in [0.29, 0.717) is 12.2 Å². The number of nitro benzene ring substituents is 1. The van der Waals surface area contributed by atoms with E-state index in [1.54, 1.807) is 0 Å². The molecule has 0 spiro atoms. The molecule has 0 heterocycles. The first-order valence-electron chi connectivity index (χ1n) is 7.08. The van der Waals surface area contributed by atoms with Crippen LogP contribution in [0.25, 0.3) is 0 Å². The van der Waals surface area contributed by atoms with Gasteiger partial charge in [0.1, 0.15) is 5.75 Å². The molecule has 0 unspecified atom stereocenters. The largest absolute Gasteiger partial charge is 0.427 e. The molecule has 0 aromatic heterocycles. The van der Waals surface area contributed by atoms with Crippen molar-refractivity contribution in [3.05, 3.63) is 34.4 Å². The van der Waals surface area contributed by atoms with Crippen molar-refractivity contribution >= 4 is 11.7 Å². The molecule has 20 heavy (non-hydrogen) atoms. The number of hydrogen-bond acceptors (Lipinski definition) is 4. The predicted molar refractivity (Wildman–Crippen MR) is 76.7 cm³/mol. The second kappa shape index (κ2) is 9.07. The van der Waals surface area contributed by atoms with Crippen LogP contribution in [0, 0.1) is 10.1 Å². The van der Waals surface area contributed by atoms with Crippen LogP contribution in [0.1, 0.15) is 51.9 Å². The Kier molecular flexibility index (Phi) is 7.32. The normalized spacial score (nSPS) is 10.2. The van der Waals surface area contributed by atoms with Crippen LogP contribution < -0.4 is 4.74 Å². The second-order valence-electron chi connectivity index (χ2n) is 4.74. The number of nitro groups is 1. The van der Waals surface area contributed by atoms with Crippen LogP contribution >= 0.6 is 0 Å². The standard InChI is InChI=1S/C15H21NO4/c1-2-3-4-5-6-7-8-15(17)20-14-11-9-13(10-12-14)16(18)19/h9-12H,2-8H2,1H3. The van der Waals surface area contributed by atoms with E-state index in [1.807, 2.05) is 0 Å². The van der Waals surface area contributed by atoms with Crippen LogP contribution in [0.3, 0.4) is 0 Å². The van der Waals surface area contributed by atoms with E-state index in [9.17, 15) is 14.9 Å². The van der Waals surface area contributed by atoms with Gasteiger partial charge in [-0.3, -0.25) is 14.9 Å². The van der Waals surface area contributed by atoms with E-state index in [-0.39, 0.29) is 11.7 Å². The fourth-order valence-corrected chi connectivity index (χ4v) is 1.87. The van der Waals surface area contributed by atoms with Gasteiger partial charge >= 0.3 is 5.97 Å². The SMILES string of the molecule is CCCCCCCCC(=O)Oc1ccc([N+](=O)[O-])cc1. The third-order valence-corrected chi connectivity index (χ3v) is 3.01. The Hall–Kier alpha value is -1.91. The number of unbranched alkanes of at least 4 members (excludes halogenated alkanes) is 5. The molecule has 0 fully saturated rings. The van der Waals surface area contributed by atoms with Crippen molar-refractivity contribution in [1.29, 1.82) is 0 Å². The van der Waals surface area contributed by atoms with Crippen molar-refractivity contribution in [2.24, 2.45) is 0 Å². The molecule has 0 aliphatic rings. The molecule has 110 valence electrons. The van der Waals surface area contributed by atoms with Gasteiger partial charge in [0.15, 0.2) is 0 Å². The number of rotatable bonds is 9. The Balaban J connectivity index is 2.23. The Labute approximate surface area is 119 Å². The van der Waals surface area contributed by atoms with Gasteiger partial charge in [-0.1, -0.05) is 39.0 Å². The fourth-order valence-electron chi connectivity index (χ4n) is 1.87. The maximum atomic E-state index is 11.6. The van der Waals surface area contributed by atoms with Gasteiger partial charge in [0.05, 0.1) is 4.92 Å². The number of carbonyl (C=O) groups excluding carboxylic acids is 1. The zero-order valence-electron chi connectivity index (χ0n) is 11.8. The summed E-state index contributed by atoms with van der Waals surface area (Å²) in [5.74, 6) is 0.0703. The molecule has 0 radical (unpaired) electrons. The van der Waals surface area contributed by atoms with Gasteiger partial charge in [-0.05, 0) is 18.6 Å². The lowest BCUT2D eigenvalue weighted by Crippen LogP contribution is -2.07. The maximum absolute atomic E-state index is 11.6. The smallest absolute Gasteiger partial charge is 0.311 e. The van der Waals surface area contributed by atoms with Gasteiger partial charge in [-0.15, -0.1) is 0 Å². The summed E-state index contributed by atoms with van der Waals surface area (Å²) in [4.78, 5) is 21.6. The Morgan fingerprint density at radius 1 is 1.10 bits per heavy atom. The summed E-state index contributed by atoms with van der Waals surface area (Å²) in [6.45, 7) is 2.17. The molecule has 0 bridgehead atoms. The van der Waals surface area contributed by atoms with Crippen molar-refractivity contribution in [3.63, 3.8) is 0 Å². The highest BCUT2D eigenvalue weighted by molar-refractivity contribution is 5.72. The van der Waals surface area contributed by atoms with Gasteiger partial charge in [0.25, 0.3) is 5.69 Å². The van der Waals surface area contributed by atoms with Gasteiger partial charge < -0.3 is 4.74 Å². The average molecular weight is 279 g/mol. The highest BCUT2D eigenvalue weighted by Gasteiger charge is 2.08. The topological polar surface area (TPSA) is 69.4 Å². The monoisotopic (exact) mass is 279 g/mol. The number of ether oxygens (including phenoxy) is 1. The van der Waals surface area contributed by atoms with E-state index in [2.05, 4.69) is 6.92 Å². The molecule has 0 aliphatic heterocycles. The zero-order chi connectivity index (χ0) is 14.8. The number of benzene rings is 1. The van der Waals surface area contributed by atoms with E-state index < -0.39 is 4.92 Å². The highest BCUT2D eigenvalue weighted by atomic mass is 16.6. The summed E-state index contributed by atoms with van der Waals surface area (Å²) in [5.41, 5.74) is -0.0132. The van der Waals surface area contributed by atoms with Crippen LogP contribution in [-0.4, -0.2) is 10.9 Å². The van der Waals surface area contributed by atoms with E-state index in [1.165, 1.54) is 43.5 Å². The van der Waals surface area contributed by atoms with Gasteiger partial charge in [0.2, 0.25) is 0 Å². The van der Waals surface area contributed by atoms with E-state index in [4.69, 9.17) is 4.74 Å². The summed E-state index contributed by atoms with van der Waals surface area (Å²) in [7, 11) is 0. The summed E-state index contributed by atoms with van der Waals surface area (Å²) < 4.78 is 5.12. The van der Waals surface area contributed by atoms with Crippen molar-refractivity contribution < 1.29 is 14.5 Å². The minimum atomic E-state index is -0.484. The van der Waals surface area contributed by atoms with Gasteiger partial charge in [-0.25, -0.2) is 0 Å². The molecule has 0 aliphatic carbocycles. The first-order valence-corrected chi connectivity index (χ1v) is 7.08. The lowest BCUT2D eigenvalue weighted by molar-refractivity contribution is -0.384. The van der Waals surface area contributed by atoms with Crippen LogP contribution in [-0.2, 0) is 4.79 Å². The lowest BCUT2D eigenvalue weighted by atomic mass is 10.1. The van der Waals surface area contributed by atoms with Crippen molar-refractivity contribution in [2.45, 2.75) is 51.9 Å². The van der Waals surface area contributed by atoms with E-state index in [0.717, 1.165) is 19.3 Å². The molecule has 1 rings (SSSR count). The summed E-state index contributed by atoms with van der Waals surface area (Å²) >= 11 is 0. The molecule has 0 N–H and O–H groups in total. The minimum absolute atomic E-state index is 0.0132. The molecule has 0 amide bonds. The first kappa shape index (κ1) is 16.1.